The molecule has 112 valence electrons. The molecule has 3 rings (SSSR count). The third-order valence-electron chi connectivity index (χ3n) is 3.72. The summed E-state index contributed by atoms with van der Waals surface area (Å²) in [7, 11) is 0. The molecule has 1 fully saturated rings. The molecular weight excluding hydrogens is 266 g/mol. The summed E-state index contributed by atoms with van der Waals surface area (Å²) in [5, 5.41) is 4.07. The maximum Gasteiger partial charge on any atom is 0.243 e. The Hall–Kier alpha value is -1.72. The summed E-state index contributed by atoms with van der Waals surface area (Å²) < 4.78 is 11.1. The molecule has 0 saturated heterocycles. The van der Waals surface area contributed by atoms with E-state index in [4.69, 9.17) is 15.0 Å². The van der Waals surface area contributed by atoms with Crippen LogP contribution in [0.4, 0.5) is 0 Å². The van der Waals surface area contributed by atoms with Crippen LogP contribution in [0.25, 0.3) is 0 Å². The van der Waals surface area contributed by atoms with Gasteiger partial charge >= 0.3 is 0 Å². The minimum absolute atomic E-state index is 0.0450. The van der Waals surface area contributed by atoms with Gasteiger partial charge in [0.1, 0.15) is 6.10 Å². The van der Waals surface area contributed by atoms with Crippen LogP contribution in [0.2, 0.25) is 0 Å². The molecule has 1 aliphatic carbocycles. The lowest BCUT2D eigenvalue weighted by Crippen LogP contribution is -2.14. The minimum atomic E-state index is -0.282. The van der Waals surface area contributed by atoms with Gasteiger partial charge in [0, 0.05) is 6.61 Å². The maximum atomic E-state index is 6.17. The van der Waals surface area contributed by atoms with Crippen molar-refractivity contribution in [1.29, 1.82) is 0 Å². The number of benzene rings is 1. The van der Waals surface area contributed by atoms with Crippen molar-refractivity contribution in [2.24, 2.45) is 11.7 Å². The molecule has 5 nitrogen and oxygen atoms in total. The molecule has 1 saturated carbocycles. The fourth-order valence-electron chi connectivity index (χ4n) is 2.47. The molecule has 0 aliphatic heterocycles. The Labute approximate surface area is 124 Å². The lowest BCUT2D eigenvalue weighted by Gasteiger charge is -2.11. The van der Waals surface area contributed by atoms with Crippen molar-refractivity contribution in [1.82, 2.24) is 10.1 Å². The lowest BCUT2D eigenvalue weighted by molar-refractivity contribution is 0.0384. The van der Waals surface area contributed by atoms with Crippen LogP contribution >= 0.6 is 0 Å². The van der Waals surface area contributed by atoms with E-state index < -0.39 is 0 Å². The topological polar surface area (TPSA) is 74.2 Å². The van der Waals surface area contributed by atoms with E-state index >= 15 is 0 Å². The van der Waals surface area contributed by atoms with E-state index in [1.807, 2.05) is 37.3 Å². The Morgan fingerprint density at radius 2 is 2.10 bits per heavy atom. The van der Waals surface area contributed by atoms with Crippen molar-refractivity contribution < 1.29 is 9.26 Å². The first-order valence-corrected chi connectivity index (χ1v) is 7.52. The van der Waals surface area contributed by atoms with Gasteiger partial charge in [-0.15, -0.1) is 0 Å². The van der Waals surface area contributed by atoms with Crippen LogP contribution in [0.5, 0.6) is 0 Å². The molecule has 2 unspecified atom stereocenters. The smallest absolute Gasteiger partial charge is 0.243 e. The first kappa shape index (κ1) is 14.2. The number of hydrogen-bond acceptors (Lipinski definition) is 5. The predicted molar refractivity (Wildman–Crippen MR) is 78.5 cm³/mol. The van der Waals surface area contributed by atoms with Gasteiger partial charge in [0.25, 0.3) is 0 Å². The van der Waals surface area contributed by atoms with Crippen molar-refractivity contribution >= 4 is 0 Å². The third kappa shape index (κ3) is 3.49. The van der Waals surface area contributed by atoms with E-state index in [1.54, 1.807) is 0 Å². The molecule has 0 spiro atoms. The molecular formula is C16H21N3O2. The molecule has 0 amide bonds. The highest BCUT2D eigenvalue weighted by atomic mass is 16.5. The predicted octanol–water partition coefficient (Wildman–Crippen LogP) is 2.80. The monoisotopic (exact) mass is 287 g/mol. The summed E-state index contributed by atoms with van der Waals surface area (Å²) in [5.74, 6) is 1.65. The Kier molecular flexibility index (Phi) is 4.31. The lowest BCUT2D eigenvalue weighted by atomic mass is 10.1. The second kappa shape index (κ2) is 6.37. The fourth-order valence-corrected chi connectivity index (χ4v) is 2.47. The summed E-state index contributed by atoms with van der Waals surface area (Å²) in [6.07, 6.45) is 2.98. The van der Waals surface area contributed by atoms with E-state index in [1.165, 1.54) is 12.8 Å². The SMILES string of the molecule is CCOC(c1noc(C(N)Cc2ccccc2)n1)C1CC1. The van der Waals surface area contributed by atoms with Gasteiger partial charge in [-0.2, -0.15) is 4.98 Å². The molecule has 0 bridgehead atoms. The van der Waals surface area contributed by atoms with Gasteiger partial charge in [0.15, 0.2) is 0 Å². The second-order valence-electron chi connectivity index (χ2n) is 5.50. The minimum Gasteiger partial charge on any atom is -0.370 e. The van der Waals surface area contributed by atoms with Crippen LogP contribution in [-0.2, 0) is 11.2 Å². The van der Waals surface area contributed by atoms with Gasteiger partial charge in [-0.25, -0.2) is 0 Å². The van der Waals surface area contributed by atoms with E-state index in [0.717, 1.165) is 5.56 Å². The molecule has 1 aromatic heterocycles. The van der Waals surface area contributed by atoms with E-state index in [-0.39, 0.29) is 12.1 Å². The number of nitrogens with zero attached hydrogens (tertiary/aromatic N) is 2. The Morgan fingerprint density at radius 1 is 1.33 bits per heavy atom. The van der Waals surface area contributed by atoms with Crippen molar-refractivity contribution in [3.63, 3.8) is 0 Å². The Bertz CT molecular complexity index is 566. The molecule has 1 aromatic carbocycles. The van der Waals surface area contributed by atoms with Gasteiger partial charge < -0.3 is 15.0 Å². The number of aromatic nitrogens is 2. The van der Waals surface area contributed by atoms with E-state index in [9.17, 15) is 0 Å². The maximum absolute atomic E-state index is 6.17. The van der Waals surface area contributed by atoms with Crippen molar-refractivity contribution in [3.8, 4) is 0 Å². The number of nitrogens with two attached hydrogens (primary N) is 1. The highest BCUT2D eigenvalue weighted by Crippen LogP contribution is 2.42. The van der Waals surface area contributed by atoms with Crippen LogP contribution in [0.15, 0.2) is 34.9 Å². The van der Waals surface area contributed by atoms with Gasteiger partial charge in [0.2, 0.25) is 11.7 Å². The molecule has 2 aromatic rings. The van der Waals surface area contributed by atoms with Gasteiger partial charge in [-0.05, 0) is 37.7 Å². The molecule has 2 atom stereocenters. The zero-order valence-corrected chi connectivity index (χ0v) is 12.2. The molecule has 5 heteroatoms. The Morgan fingerprint density at radius 3 is 2.76 bits per heavy atom. The second-order valence-corrected chi connectivity index (χ2v) is 5.50. The van der Waals surface area contributed by atoms with Crippen LogP contribution < -0.4 is 5.73 Å². The van der Waals surface area contributed by atoms with Gasteiger partial charge in [0.05, 0.1) is 6.04 Å². The normalized spacial score (nSPS) is 17.6. The molecule has 21 heavy (non-hydrogen) atoms. The molecule has 2 N–H and O–H groups in total. The number of hydrogen-bond donors (Lipinski definition) is 1. The Balaban J connectivity index is 1.68. The summed E-state index contributed by atoms with van der Waals surface area (Å²) >= 11 is 0. The first-order valence-electron chi connectivity index (χ1n) is 7.52. The quantitative estimate of drug-likeness (QED) is 0.847. The van der Waals surface area contributed by atoms with Crippen LogP contribution in [0.1, 0.15) is 49.2 Å². The third-order valence-corrected chi connectivity index (χ3v) is 3.72. The first-order chi connectivity index (χ1) is 10.3. The van der Waals surface area contributed by atoms with E-state index in [2.05, 4.69) is 10.1 Å². The summed E-state index contributed by atoms with van der Waals surface area (Å²) in [4.78, 5) is 4.46. The van der Waals surface area contributed by atoms with Crippen LogP contribution in [0.3, 0.4) is 0 Å². The average Bonchev–Trinajstić information content (AvgIpc) is 3.22. The number of ether oxygens (including phenoxy) is 1. The highest BCUT2D eigenvalue weighted by Gasteiger charge is 2.36. The summed E-state index contributed by atoms with van der Waals surface area (Å²) in [5.41, 5.74) is 7.33. The standard InChI is InChI=1S/C16H21N3O2/c1-2-20-14(12-8-9-12)15-18-16(21-19-15)13(17)10-11-6-4-3-5-7-11/h3-7,12-14H,2,8-10,17H2,1H3. The van der Waals surface area contributed by atoms with E-state index in [0.29, 0.717) is 30.7 Å². The van der Waals surface area contributed by atoms with Crippen molar-refractivity contribution in [2.45, 2.75) is 38.3 Å². The fraction of sp³-hybridized carbons (Fsp3) is 0.500. The van der Waals surface area contributed by atoms with Gasteiger partial charge in [-0.1, -0.05) is 35.5 Å². The van der Waals surface area contributed by atoms with Crippen LogP contribution in [0, 0.1) is 5.92 Å². The van der Waals surface area contributed by atoms with Crippen molar-refractivity contribution in [2.75, 3.05) is 6.61 Å². The summed E-state index contributed by atoms with van der Waals surface area (Å²) in [6.45, 7) is 2.64. The molecule has 1 aliphatic rings. The van der Waals surface area contributed by atoms with Crippen LogP contribution in [-0.4, -0.2) is 16.7 Å². The molecule has 1 heterocycles. The zero-order chi connectivity index (χ0) is 14.7. The average molecular weight is 287 g/mol. The molecule has 0 radical (unpaired) electrons. The van der Waals surface area contributed by atoms with Gasteiger partial charge in [-0.3, -0.25) is 0 Å². The summed E-state index contributed by atoms with van der Waals surface area (Å²) in [6, 6.07) is 9.80. The highest BCUT2D eigenvalue weighted by molar-refractivity contribution is 5.16. The van der Waals surface area contributed by atoms with Crippen molar-refractivity contribution in [3.05, 3.63) is 47.6 Å². The number of rotatable bonds is 7. The zero-order valence-electron chi connectivity index (χ0n) is 12.2. The largest absolute Gasteiger partial charge is 0.370 e.